The van der Waals surface area contributed by atoms with Crippen LogP contribution in [-0.2, 0) is 20.4 Å². The first kappa shape index (κ1) is 32.9. The van der Waals surface area contributed by atoms with Gasteiger partial charge in [-0.2, -0.15) is 0 Å². The molecule has 7 heteroatoms. The van der Waals surface area contributed by atoms with Crippen LogP contribution in [0.5, 0.6) is 5.75 Å². The molecule has 0 aliphatic carbocycles. The number of rotatable bonds is 14. The number of Topliss-reactive ketones (excluding diaryl/α,β-unsaturated/α-hetero) is 1. The van der Waals surface area contributed by atoms with Gasteiger partial charge in [-0.3, -0.25) is 14.4 Å². The fraction of sp³-hybridized carbons (Fsp3) is 0.400. The molecule has 3 aromatic carbocycles. The Kier molecular flexibility index (Phi) is 11.0. The standard InChI is InChI=1S/C35H43ClN2O4/c1-7-34(3,4)26-22-27(35(5,6)8-2)29(42-20-19-28(36)32(37)40)21-25(26)30(31(39)23-15-11-9-12-16-23)33(41)38-24-17-13-10-14-18-24/h9-18,21-22,28,30H,7-8,19-20H2,1-6H3,(H2,37,40)(H,38,41). The molecule has 3 aromatic rings. The average Bonchev–Trinajstić information content (AvgIpc) is 2.97. The lowest BCUT2D eigenvalue weighted by Crippen LogP contribution is -2.32. The molecule has 0 spiro atoms. The van der Waals surface area contributed by atoms with Gasteiger partial charge in [0.25, 0.3) is 0 Å². The van der Waals surface area contributed by atoms with Gasteiger partial charge in [0.2, 0.25) is 11.8 Å². The predicted octanol–water partition coefficient (Wildman–Crippen LogP) is 7.53. The number of alkyl halides is 1. The van der Waals surface area contributed by atoms with Crippen molar-refractivity contribution >= 4 is 34.9 Å². The summed E-state index contributed by atoms with van der Waals surface area (Å²) in [6.07, 6.45) is 1.83. The number of hydrogen-bond acceptors (Lipinski definition) is 4. The number of ketones is 1. The number of nitrogens with two attached hydrogens (primary N) is 1. The van der Waals surface area contributed by atoms with E-state index in [2.05, 4.69) is 52.9 Å². The van der Waals surface area contributed by atoms with Gasteiger partial charge in [0.05, 0.1) is 6.61 Å². The van der Waals surface area contributed by atoms with E-state index in [1.165, 1.54) is 0 Å². The molecular formula is C35H43ClN2O4. The Labute approximate surface area is 255 Å². The van der Waals surface area contributed by atoms with Crippen molar-refractivity contribution in [2.75, 3.05) is 11.9 Å². The van der Waals surface area contributed by atoms with Crippen LogP contribution in [0.1, 0.15) is 93.8 Å². The number of benzene rings is 3. The number of ether oxygens (including phenoxy) is 1. The number of hydrogen-bond donors (Lipinski definition) is 2. The lowest BCUT2D eigenvalue weighted by molar-refractivity contribution is -0.118. The van der Waals surface area contributed by atoms with Crippen LogP contribution in [0.3, 0.4) is 0 Å². The summed E-state index contributed by atoms with van der Waals surface area (Å²) in [6, 6.07) is 21.9. The van der Waals surface area contributed by atoms with Crippen molar-refractivity contribution in [1.29, 1.82) is 0 Å². The van der Waals surface area contributed by atoms with Gasteiger partial charge in [-0.15, -0.1) is 11.6 Å². The Morgan fingerprint density at radius 1 is 0.857 bits per heavy atom. The number of carbonyl (C=O) groups is 3. The minimum absolute atomic E-state index is 0.146. The van der Waals surface area contributed by atoms with Crippen molar-refractivity contribution in [3.8, 4) is 5.75 Å². The molecule has 3 N–H and O–H groups in total. The molecule has 0 fully saturated rings. The number of amides is 2. The molecule has 0 bridgehead atoms. The van der Waals surface area contributed by atoms with Gasteiger partial charge < -0.3 is 15.8 Å². The van der Waals surface area contributed by atoms with Crippen LogP contribution in [0, 0.1) is 0 Å². The predicted molar refractivity (Wildman–Crippen MR) is 171 cm³/mol. The molecule has 42 heavy (non-hydrogen) atoms. The monoisotopic (exact) mass is 590 g/mol. The first-order chi connectivity index (χ1) is 19.8. The number of halogens is 1. The lowest BCUT2D eigenvalue weighted by atomic mass is 9.71. The summed E-state index contributed by atoms with van der Waals surface area (Å²) in [5.41, 5.74) is 8.24. The summed E-state index contributed by atoms with van der Waals surface area (Å²) < 4.78 is 6.29. The summed E-state index contributed by atoms with van der Waals surface area (Å²) in [4.78, 5) is 39.8. The van der Waals surface area contributed by atoms with E-state index in [1.54, 1.807) is 36.4 Å². The van der Waals surface area contributed by atoms with E-state index in [0.717, 1.165) is 24.0 Å². The second kappa shape index (κ2) is 14.0. The van der Waals surface area contributed by atoms with Crippen molar-refractivity contribution in [3.63, 3.8) is 0 Å². The van der Waals surface area contributed by atoms with Crippen molar-refractivity contribution in [2.24, 2.45) is 5.73 Å². The summed E-state index contributed by atoms with van der Waals surface area (Å²) in [5, 5.41) is 2.10. The Hall–Kier alpha value is -3.64. The van der Waals surface area contributed by atoms with Crippen LogP contribution < -0.4 is 15.8 Å². The maximum Gasteiger partial charge on any atom is 0.239 e. The highest BCUT2D eigenvalue weighted by Crippen LogP contribution is 2.43. The highest BCUT2D eigenvalue weighted by Gasteiger charge is 2.37. The van der Waals surface area contributed by atoms with Crippen LogP contribution in [0.4, 0.5) is 5.69 Å². The molecule has 224 valence electrons. The van der Waals surface area contributed by atoms with Crippen LogP contribution in [0.15, 0.2) is 72.8 Å². The molecule has 0 aliphatic heterocycles. The molecule has 2 amide bonds. The van der Waals surface area contributed by atoms with E-state index in [-0.39, 0.29) is 29.6 Å². The molecule has 0 saturated heterocycles. The van der Waals surface area contributed by atoms with Gasteiger partial charge in [-0.25, -0.2) is 0 Å². The molecule has 0 radical (unpaired) electrons. The fourth-order valence-electron chi connectivity index (χ4n) is 4.77. The third kappa shape index (κ3) is 7.80. The molecular weight excluding hydrogens is 548 g/mol. The SMILES string of the molecule is CCC(C)(C)c1cc(C(C)(C)CC)c(C(C(=O)Nc2ccccc2)C(=O)c2ccccc2)cc1OCCC(Cl)C(N)=O. The highest BCUT2D eigenvalue weighted by atomic mass is 35.5. The van der Waals surface area contributed by atoms with E-state index in [1.807, 2.05) is 30.3 Å². The van der Waals surface area contributed by atoms with Crippen LogP contribution in [0.25, 0.3) is 0 Å². The minimum atomic E-state index is -1.14. The number of carbonyl (C=O) groups excluding carboxylic acids is 3. The minimum Gasteiger partial charge on any atom is -0.493 e. The Morgan fingerprint density at radius 3 is 1.95 bits per heavy atom. The summed E-state index contributed by atoms with van der Waals surface area (Å²) >= 11 is 6.10. The van der Waals surface area contributed by atoms with E-state index < -0.39 is 23.1 Å². The summed E-state index contributed by atoms with van der Waals surface area (Å²) in [6.45, 7) is 12.9. The van der Waals surface area contributed by atoms with Crippen molar-refractivity contribution in [2.45, 2.75) is 82.9 Å². The van der Waals surface area contributed by atoms with E-state index >= 15 is 0 Å². The van der Waals surface area contributed by atoms with Gasteiger partial charge in [0.1, 0.15) is 17.0 Å². The third-order valence-electron chi connectivity index (χ3n) is 8.25. The zero-order valence-corrected chi connectivity index (χ0v) is 26.3. The number of anilines is 1. The van der Waals surface area contributed by atoms with Crippen molar-refractivity contribution in [3.05, 3.63) is 95.1 Å². The quantitative estimate of drug-likeness (QED) is 0.115. The van der Waals surface area contributed by atoms with Gasteiger partial charge in [-0.1, -0.05) is 96.1 Å². The summed E-state index contributed by atoms with van der Waals surface area (Å²) in [7, 11) is 0. The van der Waals surface area contributed by atoms with Gasteiger partial charge >= 0.3 is 0 Å². The number of nitrogens with one attached hydrogen (secondary N) is 1. The van der Waals surface area contributed by atoms with E-state index in [0.29, 0.717) is 22.6 Å². The van der Waals surface area contributed by atoms with E-state index in [4.69, 9.17) is 22.1 Å². The smallest absolute Gasteiger partial charge is 0.239 e. The molecule has 3 rings (SSSR count). The zero-order chi connectivity index (χ0) is 31.1. The van der Waals surface area contributed by atoms with E-state index in [9.17, 15) is 14.4 Å². The number of para-hydroxylation sites is 1. The number of primary amides is 1. The fourth-order valence-corrected chi connectivity index (χ4v) is 4.86. The van der Waals surface area contributed by atoms with Gasteiger partial charge in [-0.05, 0) is 53.0 Å². The third-order valence-corrected chi connectivity index (χ3v) is 8.68. The van der Waals surface area contributed by atoms with Gasteiger partial charge in [0.15, 0.2) is 5.78 Å². The second-order valence-corrected chi connectivity index (χ2v) is 12.5. The molecule has 0 heterocycles. The van der Waals surface area contributed by atoms with Crippen molar-refractivity contribution < 1.29 is 19.1 Å². The normalized spacial score (nSPS) is 13.2. The molecule has 0 aliphatic rings. The molecule has 2 atom stereocenters. The molecule has 2 unspecified atom stereocenters. The van der Waals surface area contributed by atoms with Crippen molar-refractivity contribution in [1.82, 2.24) is 0 Å². The van der Waals surface area contributed by atoms with Crippen LogP contribution >= 0.6 is 11.6 Å². The topological polar surface area (TPSA) is 98.5 Å². The first-order valence-electron chi connectivity index (χ1n) is 14.5. The second-order valence-electron chi connectivity index (χ2n) is 11.9. The van der Waals surface area contributed by atoms with Gasteiger partial charge in [0, 0.05) is 23.2 Å². The largest absolute Gasteiger partial charge is 0.493 e. The summed E-state index contributed by atoms with van der Waals surface area (Å²) in [5.74, 6) is -1.92. The highest BCUT2D eigenvalue weighted by molar-refractivity contribution is 6.30. The Balaban J connectivity index is 2.27. The maximum atomic E-state index is 14.2. The molecule has 0 saturated carbocycles. The Bertz CT molecular complexity index is 1390. The molecule has 0 aromatic heterocycles. The van der Waals surface area contributed by atoms with Crippen LogP contribution in [0.2, 0.25) is 0 Å². The first-order valence-corrected chi connectivity index (χ1v) is 15.0. The molecule has 6 nitrogen and oxygen atoms in total. The zero-order valence-electron chi connectivity index (χ0n) is 25.5. The average molecular weight is 591 g/mol. The maximum absolute atomic E-state index is 14.2. The van der Waals surface area contributed by atoms with Crippen LogP contribution in [-0.4, -0.2) is 29.6 Å². The lowest BCUT2D eigenvalue weighted by Gasteiger charge is -2.34. The Morgan fingerprint density at radius 2 is 1.40 bits per heavy atom.